The summed E-state index contributed by atoms with van der Waals surface area (Å²) in [6.07, 6.45) is 3.42. The molecule has 4 heteroatoms. The fraction of sp³-hybridized carbons (Fsp3) is 0.333. The van der Waals surface area contributed by atoms with E-state index >= 15 is 0 Å². The highest BCUT2D eigenvalue weighted by molar-refractivity contribution is 5.79. The Bertz CT molecular complexity index is 212. The molecule has 10 heavy (non-hydrogen) atoms. The van der Waals surface area contributed by atoms with Crippen molar-refractivity contribution in [3.63, 3.8) is 0 Å². The van der Waals surface area contributed by atoms with Crippen LogP contribution in [-0.4, -0.2) is 22.3 Å². The van der Waals surface area contributed by atoms with Crippen LogP contribution >= 0.6 is 0 Å². The molecule has 0 aliphatic carbocycles. The van der Waals surface area contributed by atoms with E-state index in [0.29, 0.717) is 12.5 Å². The van der Waals surface area contributed by atoms with Crippen LogP contribution in [0.5, 0.6) is 0 Å². The molecule has 4 nitrogen and oxygen atoms in total. The first-order valence-electron chi connectivity index (χ1n) is 3.14. The molecule has 0 saturated heterocycles. The van der Waals surface area contributed by atoms with Gasteiger partial charge in [0.2, 0.25) is 5.96 Å². The van der Waals surface area contributed by atoms with Gasteiger partial charge >= 0.3 is 0 Å². The molecule has 0 spiro atoms. The Balaban J connectivity index is 2.77. The van der Waals surface area contributed by atoms with E-state index in [4.69, 9.17) is 5.73 Å². The maximum Gasteiger partial charge on any atom is 0.216 e. The molecular formula is C6H10N4. The van der Waals surface area contributed by atoms with Crippen molar-refractivity contribution in [2.45, 2.75) is 6.92 Å². The van der Waals surface area contributed by atoms with Gasteiger partial charge in [-0.05, 0) is 13.0 Å². The molecule has 0 unspecified atom stereocenters. The van der Waals surface area contributed by atoms with Crippen molar-refractivity contribution < 1.29 is 0 Å². The lowest BCUT2D eigenvalue weighted by atomic mass is 10.7. The minimum atomic E-state index is 0.438. The Morgan fingerprint density at radius 2 is 2.60 bits per heavy atom. The Morgan fingerprint density at radius 3 is 3.10 bits per heavy atom. The van der Waals surface area contributed by atoms with Gasteiger partial charge in [-0.15, -0.1) is 0 Å². The fourth-order valence-electron chi connectivity index (χ4n) is 0.639. The van der Waals surface area contributed by atoms with Gasteiger partial charge in [0.25, 0.3) is 0 Å². The monoisotopic (exact) mass is 138 g/mol. The molecule has 1 rings (SSSR count). The van der Waals surface area contributed by atoms with Gasteiger partial charge in [-0.3, -0.25) is 4.99 Å². The van der Waals surface area contributed by atoms with E-state index in [1.165, 1.54) is 4.68 Å². The summed E-state index contributed by atoms with van der Waals surface area (Å²) >= 11 is 0. The summed E-state index contributed by atoms with van der Waals surface area (Å²) in [5.74, 6) is 0.438. The van der Waals surface area contributed by atoms with Crippen LogP contribution in [0.25, 0.3) is 0 Å². The van der Waals surface area contributed by atoms with Crippen molar-refractivity contribution in [2.24, 2.45) is 10.7 Å². The third kappa shape index (κ3) is 1.34. The largest absolute Gasteiger partial charge is 0.368 e. The number of hydrogen-bond acceptors (Lipinski definition) is 2. The van der Waals surface area contributed by atoms with Gasteiger partial charge in [-0.2, -0.15) is 5.10 Å². The zero-order valence-corrected chi connectivity index (χ0v) is 5.86. The van der Waals surface area contributed by atoms with Crippen molar-refractivity contribution in [3.05, 3.63) is 18.5 Å². The molecule has 0 aliphatic heterocycles. The van der Waals surface area contributed by atoms with E-state index in [-0.39, 0.29) is 0 Å². The average Bonchev–Trinajstić information content (AvgIpc) is 2.38. The number of rotatable bonds is 1. The number of aromatic nitrogens is 2. The van der Waals surface area contributed by atoms with E-state index in [2.05, 4.69) is 10.1 Å². The van der Waals surface area contributed by atoms with Gasteiger partial charge in [0.15, 0.2) is 0 Å². The standard InChI is InChI=1S/C6H10N4/c1-2-8-6(7)10-5-3-4-9-10/h3-5H,2H2,1H3,(H2,7,8). The SMILES string of the molecule is CCN=C(N)n1cccn1. The highest BCUT2D eigenvalue weighted by atomic mass is 15.3. The van der Waals surface area contributed by atoms with Gasteiger partial charge in [0, 0.05) is 18.9 Å². The van der Waals surface area contributed by atoms with Crippen molar-refractivity contribution >= 4 is 5.96 Å². The van der Waals surface area contributed by atoms with Crippen LogP contribution in [0.4, 0.5) is 0 Å². The topological polar surface area (TPSA) is 56.2 Å². The number of nitrogens with zero attached hydrogens (tertiary/aromatic N) is 3. The van der Waals surface area contributed by atoms with E-state index in [0.717, 1.165) is 0 Å². The number of aliphatic imine (C=N–C) groups is 1. The van der Waals surface area contributed by atoms with Crippen molar-refractivity contribution in [2.75, 3.05) is 6.54 Å². The van der Waals surface area contributed by atoms with Crippen LogP contribution in [0.1, 0.15) is 6.92 Å². The summed E-state index contributed by atoms with van der Waals surface area (Å²) in [6.45, 7) is 2.61. The smallest absolute Gasteiger partial charge is 0.216 e. The fourth-order valence-corrected chi connectivity index (χ4v) is 0.639. The molecule has 0 radical (unpaired) electrons. The first kappa shape index (κ1) is 6.80. The van der Waals surface area contributed by atoms with Crippen LogP contribution in [0.3, 0.4) is 0 Å². The average molecular weight is 138 g/mol. The molecule has 2 N–H and O–H groups in total. The molecule has 0 aliphatic rings. The van der Waals surface area contributed by atoms with Crippen molar-refractivity contribution in [1.82, 2.24) is 9.78 Å². The van der Waals surface area contributed by atoms with Crippen molar-refractivity contribution in [3.8, 4) is 0 Å². The van der Waals surface area contributed by atoms with Gasteiger partial charge in [-0.25, -0.2) is 4.68 Å². The third-order valence-electron chi connectivity index (χ3n) is 1.06. The molecule has 0 atom stereocenters. The molecule has 54 valence electrons. The van der Waals surface area contributed by atoms with Gasteiger partial charge in [-0.1, -0.05) is 0 Å². The molecular weight excluding hydrogens is 128 g/mol. The lowest BCUT2D eigenvalue weighted by molar-refractivity contribution is 0.904. The van der Waals surface area contributed by atoms with Crippen LogP contribution in [0, 0.1) is 0 Å². The first-order chi connectivity index (χ1) is 4.84. The second-order valence-electron chi connectivity index (χ2n) is 1.78. The molecule has 0 aromatic carbocycles. The minimum absolute atomic E-state index is 0.438. The Morgan fingerprint density at radius 1 is 1.80 bits per heavy atom. The van der Waals surface area contributed by atoms with Gasteiger partial charge in [0.05, 0.1) is 0 Å². The predicted molar refractivity (Wildman–Crippen MR) is 39.8 cm³/mol. The maximum atomic E-state index is 5.50. The van der Waals surface area contributed by atoms with Crippen LogP contribution in [-0.2, 0) is 0 Å². The van der Waals surface area contributed by atoms with E-state index in [1.54, 1.807) is 18.5 Å². The second-order valence-corrected chi connectivity index (χ2v) is 1.78. The Labute approximate surface area is 59.4 Å². The molecule has 0 bridgehead atoms. The highest BCUT2D eigenvalue weighted by Gasteiger charge is 1.91. The van der Waals surface area contributed by atoms with Gasteiger partial charge < -0.3 is 5.73 Å². The molecule has 1 heterocycles. The minimum Gasteiger partial charge on any atom is -0.368 e. The Kier molecular flexibility index (Phi) is 2.04. The van der Waals surface area contributed by atoms with Gasteiger partial charge in [0.1, 0.15) is 0 Å². The van der Waals surface area contributed by atoms with Crippen LogP contribution in [0.2, 0.25) is 0 Å². The summed E-state index contributed by atoms with van der Waals surface area (Å²) in [6, 6.07) is 1.80. The highest BCUT2D eigenvalue weighted by Crippen LogP contribution is 1.81. The Hall–Kier alpha value is -1.32. The summed E-state index contributed by atoms with van der Waals surface area (Å²) in [4.78, 5) is 3.96. The zero-order valence-electron chi connectivity index (χ0n) is 5.86. The predicted octanol–water partition coefficient (Wildman–Crippen LogP) is 0.0658. The quantitative estimate of drug-likeness (QED) is 0.441. The summed E-state index contributed by atoms with van der Waals surface area (Å²) in [5.41, 5.74) is 5.50. The molecule has 1 aromatic rings. The molecule has 0 saturated carbocycles. The van der Waals surface area contributed by atoms with E-state index in [9.17, 15) is 0 Å². The van der Waals surface area contributed by atoms with E-state index in [1.807, 2.05) is 6.92 Å². The normalized spacial score (nSPS) is 11.9. The third-order valence-corrected chi connectivity index (χ3v) is 1.06. The summed E-state index contributed by atoms with van der Waals surface area (Å²) in [7, 11) is 0. The number of nitrogens with two attached hydrogens (primary N) is 1. The maximum absolute atomic E-state index is 5.50. The molecule has 0 fully saturated rings. The lowest BCUT2D eigenvalue weighted by Gasteiger charge is -1.96. The zero-order chi connectivity index (χ0) is 7.40. The molecule has 1 aromatic heterocycles. The van der Waals surface area contributed by atoms with Crippen LogP contribution in [0.15, 0.2) is 23.5 Å². The first-order valence-corrected chi connectivity index (χ1v) is 3.14. The van der Waals surface area contributed by atoms with Crippen LogP contribution < -0.4 is 5.73 Å². The summed E-state index contributed by atoms with van der Waals surface area (Å²) < 4.78 is 1.53. The summed E-state index contributed by atoms with van der Waals surface area (Å²) in [5, 5.41) is 3.90. The van der Waals surface area contributed by atoms with Crippen molar-refractivity contribution in [1.29, 1.82) is 0 Å². The second kappa shape index (κ2) is 3.00. The lowest BCUT2D eigenvalue weighted by Crippen LogP contribution is -2.22. The molecule has 0 amide bonds. The number of hydrogen-bond donors (Lipinski definition) is 1. The van der Waals surface area contributed by atoms with E-state index < -0.39 is 0 Å².